The molecule has 1 heterocycles. The highest BCUT2D eigenvalue weighted by molar-refractivity contribution is 6.31. The van der Waals surface area contributed by atoms with E-state index in [9.17, 15) is 0 Å². The molecule has 0 amide bonds. The lowest BCUT2D eigenvalue weighted by Gasteiger charge is -2.07. The summed E-state index contributed by atoms with van der Waals surface area (Å²) in [6, 6.07) is 7.95. The second-order valence-corrected chi connectivity index (χ2v) is 5.53. The second kappa shape index (κ2) is 7.11. The van der Waals surface area contributed by atoms with Gasteiger partial charge in [0.15, 0.2) is 0 Å². The highest BCUT2D eigenvalue weighted by atomic mass is 35.5. The zero-order valence-electron chi connectivity index (χ0n) is 11.8. The van der Waals surface area contributed by atoms with Crippen LogP contribution in [-0.2, 0) is 19.5 Å². The highest BCUT2D eigenvalue weighted by Gasteiger charge is 2.11. The van der Waals surface area contributed by atoms with Crippen LogP contribution < -0.4 is 5.32 Å². The van der Waals surface area contributed by atoms with Gasteiger partial charge in [-0.3, -0.25) is 4.68 Å². The minimum atomic E-state index is 0.737. The van der Waals surface area contributed by atoms with E-state index < -0.39 is 0 Å². The topological polar surface area (TPSA) is 29.9 Å². The first-order chi connectivity index (χ1) is 9.61. The maximum absolute atomic E-state index is 6.27. The van der Waals surface area contributed by atoms with Crippen LogP contribution in [-0.4, -0.2) is 16.3 Å². The zero-order valence-corrected chi connectivity index (χ0v) is 13.3. The van der Waals surface area contributed by atoms with Crippen molar-refractivity contribution in [1.29, 1.82) is 0 Å². The Morgan fingerprint density at radius 1 is 1.20 bits per heavy atom. The molecule has 2 rings (SSSR count). The molecule has 0 spiro atoms. The van der Waals surface area contributed by atoms with Crippen LogP contribution in [0.15, 0.2) is 24.3 Å². The van der Waals surface area contributed by atoms with E-state index in [-0.39, 0.29) is 0 Å². The minimum absolute atomic E-state index is 0.737. The Morgan fingerprint density at radius 3 is 2.55 bits per heavy atom. The summed E-state index contributed by atoms with van der Waals surface area (Å²) in [7, 11) is 0. The molecule has 20 heavy (non-hydrogen) atoms. The van der Waals surface area contributed by atoms with Crippen molar-refractivity contribution in [2.45, 2.75) is 33.4 Å². The molecule has 0 saturated carbocycles. The van der Waals surface area contributed by atoms with E-state index in [0.717, 1.165) is 47.5 Å². The molecule has 0 radical (unpaired) electrons. The average Bonchev–Trinajstić information content (AvgIpc) is 2.72. The molecule has 0 unspecified atom stereocenters. The zero-order chi connectivity index (χ0) is 14.5. The molecule has 0 aliphatic carbocycles. The fourth-order valence-corrected chi connectivity index (χ4v) is 2.46. The number of aryl methyl sites for hydroxylation is 2. The van der Waals surface area contributed by atoms with Gasteiger partial charge >= 0.3 is 0 Å². The van der Waals surface area contributed by atoms with Crippen LogP contribution >= 0.6 is 23.2 Å². The molecule has 1 aromatic heterocycles. The van der Waals surface area contributed by atoms with Crippen molar-refractivity contribution < 1.29 is 0 Å². The number of hydrogen-bond donors (Lipinski definition) is 1. The van der Waals surface area contributed by atoms with Gasteiger partial charge < -0.3 is 5.32 Å². The maximum atomic E-state index is 6.27. The molecule has 1 N–H and O–H groups in total. The third-order valence-corrected chi connectivity index (χ3v) is 3.99. The summed E-state index contributed by atoms with van der Waals surface area (Å²) in [6.07, 6.45) is 0.966. The van der Waals surface area contributed by atoms with Crippen molar-refractivity contribution in [2.24, 2.45) is 0 Å². The number of hydrogen-bond acceptors (Lipinski definition) is 2. The van der Waals surface area contributed by atoms with E-state index in [1.165, 1.54) is 5.56 Å². The molecule has 0 fully saturated rings. The first-order valence-electron chi connectivity index (χ1n) is 6.78. The van der Waals surface area contributed by atoms with E-state index in [1.54, 1.807) is 0 Å². The molecular weight excluding hydrogens is 293 g/mol. The Balaban J connectivity index is 1.85. The summed E-state index contributed by atoms with van der Waals surface area (Å²) in [6.45, 7) is 6.47. The van der Waals surface area contributed by atoms with Crippen LogP contribution in [0.25, 0.3) is 0 Å². The molecular formula is C15H19Cl2N3. The fourth-order valence-electron chi connectivity index (χ4n) is 2.13. The Kier molecular flexibility index (Phi) is 5.46. The van der Waals surface area contributed by atoms with Crippen molar-refractivity contribution in [3.05, 3.63) is 51.3 Å². The smallest absolute Gasteiger partial charge is 0.0860 e. The third kappa shape index (κ3) is 3.75. The molecule has 0 bridgehead atoms. The predicted octanol–water partition coefficient (Wildman–Crippen LogP) is 3.85. The molecule has 0 atom stereocenters. The van der Waals surface area contributed by atoms with Crippen molar-refractivity contribution >= 4 is 23.2 Å². The van der Waals surface area contributed by atoms with Gasteiger partial charge in [0.05, 0.1) is 16.4 Å². The van der Waals surface area contributed by atoms with Crippen LogP contribution in [0.5, 0.6) is 0 Å². The Hall–Kier alpha value is -1.03. The Morgan fingerprint density at radius 2 is 1.90 bits per heavy atom. The lowest BCUT2D eigenvalue weighted by molar-refractivity contribution is 0.580. The minimum Gasteiger partial charge on any atom is -0.311 e. The first-order valence-corrected chi connectivity index (χ1v) is 7.54. The number of nitrogens with zero attached hydrogens (tertiary/aromatic N) is 2. The summed E-state index contributed by atoms with van der Waals surface area (Å²) in [5.41, 5.74) is 3.22. The van der Waals surface area contributed by atoms with Crippen LogP contribution in [0.1, 0.15) is 23.9 Å². The number of rotatable bonds is 6. The van der Waals surface area contributed by atoms with Crippen molar-refractivity contribution in [3.8, 4) is 0 Å². The van der Waals surface area contributed by atoms with E-state index >= 15 is 0 Å². The summed E-state index contributed by atoms with van der Waals surface area (Å²) in [5.74, 6) is 0. The monoisotopic (exact) mass is 311 g/mol. The van der Waals surface area contributed by atoms with Crippen LogP contribution in [0.4, 0.5) is 0 Å². The summed E-state index contributed by atoms with van der Waals surface area (Å²) in [5, 5.41) is 9.36. The average molecular weight is 312 g/mol. The summed E-state index contributed by atoms with van der Waals surface area (Å²) >= 11 is 12.1. The van der Waals surface area contributed by atoms with E-state index in [4.69, 9.17) is 23.2 Å². The predicted molar refractivity (Wildman–Crippen MR) is 84.5 cm³/mol. The third-order valence-electron chi connectivity index (χ3n) is 3.25. The van der Waals surface area contributed by atoms with Crippen molar-refractivity contribution in [2.75, 3.05) is 6.54 Å². The molecule has 3 nitrogen and oxygen atoms in total. The normalized spacial score (nSPS) is 11.0. The second-order valence-electron chi connectivity index (χ2n) is 4.72. The van der Waals surface area contributed by atoms with Gasteiger partial charge in [0.2, 0.25) is 0 Å². The molecule has 2 aromatic rings. The quantitative estimate of drug-likeness (QED) is 0.821. The van der Waals surface area contributed by atoms with Crippen LogP contribution in [0.2, 0.25) is 10.0 Å². The Labute approximate surface area is 129 Å². The van der Waals surface area contributed by atoms with Gasteiger partial charge in [-0.15, -0.1) is 0 Å². The van der Waals surface area contributed by atoms with Gasteiger partial charge in [-0.25, -0.2) is 0 Å². The van der Waals surface area contributed by atoms with E-state index in [2.05, 4.69) is 29.5 Å². The summed E-state index contributed by atoms with van der Waals surface area (Å²) in [4.78, 5) is 0. The summed E-state index contributed by atoms with van der Waals surface area (Å²) < 4.78 is 1.95. The Bertz CT molecular complexity index is 561. The standard InChI is InChI=1S/C15H19Cl2N3/c1-3-20-14(15(17)11(2)19-20)10-18-9-8-12-4-6-13(16)7-5-12/h4-7,18H,3,8-10H2,1-2H3. The molecule has 0 saturated heterocycles. The fraction of sp³-hybridized carbons (Fsp3) is 0.400. The van der Waals surface area contributed by atoms with Gasteiger partial charge in [0.1, 0.15) is 0 Å². The molecule has 0 aliphatic rings. The molecule has 108 valence electrons. The van der Waals surface area contributed by atoms with Gasteiger partial charge in [0, 0.05) is 18.1 Å². The largest absolute Gasteiger partial charge is 0.311 e. The first kappa shape index (κ1) is 15.4. The maximum Gasteiger partial charge on any atom is 0.0860 e. The van der Waals surface area contributed by atoms with Crippen molar-refractivity contribution in [1.82, 2.24) is 15.1 Å². The number of nitrogens with one attached hydrogen (secondary N) is 1. The lowest BCUT2D eigenvalue weighted by Crippen LogP contribution is -2.19. The SMILES string of the molecule is CCn1nc(C)c(Cl)c1CNCCc1ccc(Cl)cc1. The van der Waals surface area contributed by atoms with Crippen molar-refractivity contribution in [3.63, 3.8) is 0 Å². The van der Waals surface area contributed by atoms with Crippen LogP contribution in [0, 0.1) is 6.92 Å². The van der Waals surface area contributed by atoms with Gasteiger partial charge in [-0.05, 0) is 44.5 Å². The highest BCUT2D eigenvalue weighted by Crippen LogP contribution is 2.19. The lowest BCUT2D eigenvalue weighted by atomic mass is 10.1. The number of aromatic nitrogens is 2. The molecule has 0 aliphatic heterocycles. The number of benzene rings is 1. The molecule has 5 heteroatoms. The van der Waals surface area contributed by atoms with Gasteiger partial charge in [-0.1, -0.05) is 35.3 Å². The van der Waals surface area contributed by atoms with E-state index in [1.807, 2.05) is 23.7 Å². The van der Waals surface area contributed by atoms with E-state index in [0.29, 0.717) is 0 Å². The van der Waals surface area contributed by atoms with Crippen LogP contribution in [0.3, 0.4) is 0 Å². The van der Waals surface area contributed by atoms with Gasteiger partial charge in [-0.2, -0.15) is 5.10 Å². The number of halogens is 2. The molecule has 1 aromatic carbocycles. The van der Waals surface area contributed by atoms with Gasteiger partial charge in [0.25, 0.3) is 0 Å².